The van der Waals surface area contributed by atoms with Crippen molar-refractivity contribution in [1.82, 2.24) is 10.6 Å². The van der Waals surface area contributed by atoms with Gasteiger partial charge in [0.1, 0.15) is 6.61 Å². The van der Waals surface area contributed by atoms with Crippen molar-refractivity contribution in [3.63, 3.8) is 0 Å². The third-order valence-electron chi connectivity index (χ3n) is 5.58. The van der Waals surface area contributed by atoms with Crippen LogP contribution in [0.3, 0.4) is 0 Å². The molecule has 2 amide bonds. The number of esters is 1. The number of methoxy groups -OCH3 is 2. The summed E-state index contributed by atoms with van der Waals surface area (Å²) < 4.78 is 16.1. The summed E-state index contributed by atoms with van der Waals surface area (Å²) in [6.07, 6.45) is 1.89. The van der Waals surface area contributed by atoms with E-state index in [1.165, 1.54) is 14.2 Å². The Bertz CT molecular complexity index is 1090. The summed E-state index contributed by atoms with van der Waals surface area (Å²) in [6, 6.07) is 11.5. The summed E-state index contributed by atoms with van der Waals surface area (Å²) in [5.74, 6) is 0.664. The fourth-order valence-electron chi connectivity index (χ4n) is 3.95. The zero-order chi connectivity index (χ0) is 22.7. The Labute approximate surface area is 185 Å². The fourth-order valence-corrected chi connectivity index (χ4v) is 3.95. The Morgan fingerprint density at radius 3 is 2.53 bits per heavy atom. The third-order valence-corrected chi connectivity index (χ3v) is 5.58. The lowest BCUT2D eigenvalue weighted by atomic mass is 9.85. The highest BCUT2D eigenvalue weighted by Gasteiger charge is 2.34. The summed E-state index contributed by atoms with van der Waals surface area (Å²) in [5, 5.41) is 5.61. The van der Waals surface area contributed by atoms with E-state index in [0.717, 1.165) is 17.5 Å². The van der Waals surface area contributed by atoms with Crippen molar-refractivity contribution in [1.29, 1.82) is 0 Å². The Balaban J connectivity index is 1.53. The standard InChI is InChI=1S/C24H24N2O6/c1-30-20-12-16(22-21-17(25-24(29)26-22)4-3-5-18(21)27)10-11-19(20)32-13-14-6-8-15(9-7-14)23(28)31-2/h6-12,22H,3-5,13H2,1-2H3,(H2,25,26,29)/t22-/m0/s1. The van der Waals surface area contributed by atoms with E-state index in [4.69, 9.17) is 14.2 Å². The number of ketones is 1. The minimum atomic E-state index is -0.527. The maximum absolute atomic E-state index is 12.6. The predicted molar refractivity (Wildman–Crippen MR) is 115 cm³/mol. The molecule has 0 spiro atoms. The van der Waals surface area contributed by atoms with Crippen molar-refractivity contribution in [2.75, 3.05) is 14.2 Å². The van der Waals surface area contributed by atoms with Gasteiger partial charge >= 0.3 is 12.0 Å². The summed E-state index contributed by atoms with van der Waals surface area (Å²) in [7, 11) is 2.88. The molecule has 2 N–H and O–H groups in total. The molecule has 32 heavy (non-hydrogen) atoms. The maximum atomic E-state index is 12.6. The Morgan fingerprint density at radius 1 is 1.03 bits per heavy atom. The molecule has 0 saturated carbocycles. The Morgan fingerprint density at radius 2 is 1.81 bits per heavy atom. The second-order valence-electron chi connectivity index (χ2n) is 7.59. The molecular formula is C24H24N2O6. The van der Waals surface area contributed by atoms with Gasteiger partial charge in [0.2, 0.25) is 0 Å². The van der Waals surface area contributed by atoms with Crippen LogP contribution in [0.2, 0.25) is 0 Å². The molecule has 2 aliphatic rings. The molecule has 4 rings (SSSR count). The molecule has 0 saturated heterocycles. The van der Waals surface area contributed by atoms with Gasteiger partial charge < -0.3 is 24.8 Å². The monoisotopic (exact) mass is 436 g/mol. The molecule has 1 heterocycles. The number of nitrogens with one attached hydrogen (secondary N) is 2. The fraction of sp³-hybridized carbons (Fsp3) is 0.292. The lowest BCUT2D eigenvalue weighted by Crippen LogP contribution is -2.46. The van der Waals surface area contributed by atoms with Gasteiger partial charge in [0, 0.05) is 17.7 Å². The van der Waals surface area contributed by atoms with Crippen LogP contribution in [0.25, 0.3) is 0 Å². The van der Waals surface area contributed by atoms with Gasteiger partial charge in [-0.2, -0.15) is 0 Å². The minimum Gasteiger partial charge on any atom is -0.493 e. The van der Waals surface area contributed by atoms with Crippen molar-refractivity contribution in [3.05, 3.63) is 70.4 Å². The number of Topliss-reactive ketones (excluding diaryl/α,β-unsaturated/α-hetero) is 1. The van der Waals surface area contributed by atoms with Crippen molar-refractivity contribution in [2.24, 2.45) is 0 Å². The molecule has 0 fully saturated rings. The van der Waals surface area contributed by atoms with E-state index in [0.29, 0.717) is 41.2 Å². The van der Waals surface area contributed by atoms with Gasteiger partial charge in [0.25, 0.3) is 0 Å². The van der Waals surface area contributed by atoms with E-state index < -0.39 is 12.0 Å². The zero-order valence-corrected chi connectivity index (χ0v) is 17.9. The lowest BCUT2D eigenvalue weighted by Gasteiger charge is -2.32. The quantitative estimate of drug-likeness (QED) is 0.673. The number of urea groups is 1. The number of carbonyl (C=O) groups is 3. The van der Waals surface area contributed by atoms with Gasteiger partial charge in [-0.25, -0.2) is 9.59 Å². The number of carbonyl (C=O) groups excluding carboxylic acids is 3. The number of amides is 2. The van der Waals surface area contributed by atoms with Crippen LogP contribution in [0.5, 0.6) is 11.5 Å². The minimum absolute atomic E-state index is 0.0402. The molecule has 166 valence electrons. The van der Waals surface area contributed by atoms with E-state index in [1.54, 1.807) is 36.4 Å². The first-order chi connectivity index (χ1) is 15.5. The molecule has 0 unspecified atom stereocenters. The van der Waals surface area contributed by atoms with E-state index in [1.807, 2.05) is 6.07 Å². The number of rotatable bonds is 6. The van der Waals surface area contributed by atoms with Crippen LogP contribution < -0.4 is 20.1 Å². The van der Waals surface area contributed by atoms with Gasteiger partial charge in [0.05, 0.1) is 25.8 Å². The van der Waals surface area contributed by atoms with Crippen molar-refractivity contribution in [2.45, 2.75) is 31.9 Å². The van der Waals surface area contributed by atoms with Crippen LogP contribution >= 0.6 is 0 Å². The van der Waals surface area contributed by atoms with Crippen molar-refractivity contribution in [3.8, 4) is 11.5 Å². The second kappa shape index (κ2) is 9.13. The van der Waals surface area contributed by atoms with Gasteiger partial charge in [-0.15, -0.1) is 0 Å². The normalized spacial score (nSPS) is 17.8. The van der Waals surface area contributed by atoms with Crippen LogP contribution in [0.1, 0.15) is 46.8 Å². The van der Waals surface area contributed by atoms with Crippen LogP contribution in [0, 0.1) is 0 Å². The SMILES string of the molecule is COC(=O)c1ccc(COc2ccc([C@@H]3NC(=O)NC4=C3C(=O)CCC4)cc2OC)cc1. The smallest absolute Gasteiger partial charge is 0.337 e. The van der Waals surface area contributed by atoms with Crippen LogP contribution in [-0.4, -0.2) is 32.0 Å². The molecular weight excluding hydrogens is 412 g/mol. The van der Waals surface area contributed by atoms with Gasteiger partial charge in [-0.1, -0.05) is 18.2 Å². The van der Waals surface area contributed by atoms with E-state index in [-0.39, 0.29) is 18.4 Å². The van der Waals surface area contributed by atoms with E-state index >= 15 is 0 Å². The first kappa shape index (κ1) is 21.4. The molecule has 1 aliphatic heterocycles. The second-order valence-corrected chi connectivity index (χ2v) is 7.59. The molecule has 1 aliphatic carbocycles. The molecule has 2 aromatic carbocycles. The molecule has 8 nitrogen and oxygen atoms in total. The average Bonchev–Trinajstić information content (AvgIpc) is 2.82. The van der Waals surface area contributed by atoms with Crippen molar-refractivity contribution < 1.29 is 28.6 Å². The van der Waals surface area contributed by atoms with Crippen LogP contribution in [0.15, 0.2) is 53.7 Å². The lowest BCUT2D eigenvalue weighted by molar-refractivity contribution is -0.116. The summed E-state index contributed by atoms with van der Waals surface area (Å²) in [5.41, 5.74) is 3.39. The average molecular weight is 436 g/mol. The predicted octanol–water partition coefficient (Wildman–Crippen LogP) is 3.42. The highest BCUT2D eigenvalue weighted by Crippen LogP contribution is 2.37. The first-order valence-electron chi connectivity index (χ1n) is 10.3. The van der Waals surface area contributed by atoms with Crippen LogP contribution in [0.4, 0.5) is 4.79 Å². The highest BCUT2D eigenvalue weighted by molar-refractivity contribution is 6.01. The first-order valence-corrected chi connectivity index (χ1v) is 10.3. The number of allylic oxidation sites excluding steroid dienone is 1. The zero-order valence-electron chi connectivity index (χ0n) is 17.9. The van der Waals surface area contributed by atoms with Gasteiger partial charge in [-0.05, 0) is 48.2 Å². The topological polar surface area (TPSA) is 103 Å². The van der Waals surface area contributed by atoms with Gasteiger partial charge in [-0.3, -0.25) is 4.79 Å². The molecule has 0 bridgehead atoms. The number of benzene rings is 2. The number of hydrogen-bond acceptors (Lipinski definition) is 6. The highest BCUT2D eigenvalue weighted by atomic mass is 16.5. The van der Waals surface area contributed by atoms with Crippen LogP contribution in [-0.2, 0) is 16.1 Å². The van der Waals surface area contributed by atoms with Crippen molar-refractivity contribution >= 4 is 17.8 Å². The number of hydrogen-bond donors (Lipinski definition) is 2. The summed E-state index contributed by atoms with van der Waals surface area (Å²) in [4.78, 5) is 36.2. The van der Waals surface area contributed by atoms with E-state index in [2.05, 4.69) is 10.6 Å². The molecule has 0 radical (unpaired) electrons. The summed E-state index contributed by atoms with van der Waals surface area (Å²) in [6.45, 7) is 0.273. The third kappa shape index (κ3) is 4.30. The Kier molecular flexibility index (Phi) is 6.11. The molecule has 8 heteroatoms. The van der Waals surface area contributed by atoms with Gasteiger partial charge in [0.15, 0.2) is 17.3 Å². The molecule has 0 aromatic heterocycles. The van der Waals surface area contributed by atoms with E-state index in [9.17, 15) is 14.4 Å². The number of ether oxygens (including phenoxy) is 3. The largest absolute Gasteiger partial charge is 0.493 e. The Hall–Kier alpha value is -3.81. The maximum Gasteiger partial charge on any atom is 0.337 e. The summed E-state index contributed by atoms with van der Waals surface area (Å²) >= 11 is 0. The molecule has 1 atom stereocenters. The molecule has 2 aromatic rings.